The number of amides is 1. The number of hydrogen-bond donors (Lipinski definition) is 2. The van der Waals surface area contributed by atoms with Gasteiger partial charge >= 0.3 is 0 Å². The number of nitrogens with one attached hydrogen (secondary N) is 1. The first-order valence-electron chi connectivity index (χ1n) is 14.2. The van der Waals surface area contributed by atoms with E-state index in [1.54, 1.807) is 0 Å². The Morgan fingerprint density at radius 3 is 1.90 bits per heavy atom. The van der Waals surface area contributed by atoms with Crippen molar-refractivity contribution in [3.8, 4) is 11.5 Å². The third kappa shape index (κ3) is 11.3. The predicted molar refractivity (Wildman–Crippen MR) is 165 cm³/mol. The first-order valence-corrected chi connectivity index (χ1v) is 14.2. The lowest BCUT2D eigenvalue weighted by molar-refractivity contribution is -0.105. The summed E-state index contributed by atoms with van der Waals surface area (Å²) in [6, 6.07) is 34.3. The van der Waals surface area contributed by atoms with Crippen molar-refractivity contribution in [2.75, 3.05) is 11.9 Å². The molecule has 0 unspecified atom stereocenters. The van der Waals surface area contributed by atoms with Gasteiger partial charge in [0, 0.05) is 0 Å². The number of benzene rings is 4. The monoisotopic (exact) mass is 538 g/mol. The van der Waals surface area contributed by atoms with Crippen LogP contribution in [0.2, 0.25) is 0 Å². The molecule has 4 aromatic rings. The lowest BCUT2D eigenvalue weighted by atomic mass is 10.1. The molecule has 0 heterocycles. The van der Waals surface area contributed by atoms with Crippen LogP contribution in [0.15, 0.2) is 103 Å². The number of rotatable bonds is 15. The number of nitrogens with two attached hydrogens (primary N) is 1. The Kier molecular flexibility index (Phi) is 13.9. The highest BCUT2D eigenvalue weighted by atomic mass is 16.5. The van der Waals surface area contributed by atoms with Gasteiger partial charge in [-0.05, 0) is 72.3 Å². The fraction of sp³-hybridized carbons (Fsp3) is 0.286. The van der Waals surface area contributed by atoms with Crippen LogP contribution in [0.1, 0.15) is 54.9 Å². The molecule has 0 atom stereocenters. The van der Waals surface area contributed by atoms with Gasteiger partial charge in [-0.2, -0.15) is 0 Å². The van der Waals surface area contributed by atoms with Crippen LogP contribution < -0.4 is 20.5 Å². The van der Waals surface area contributed by atoms with Crippen molar-refractivity contribution in [3.05, 3.63) is 125 Å². The van der Waals surface area contributed by atoms with Crippen LogP contribution >= 0.6 is 0 Å². The molecule has 0 radical (unpaired) electrons. The largest absolute Gasteiger partial charge is 0.489 e. The fourth-order valence-corrected chi connectivity index (χ4v) is 4.19. The molecule has 210 valence electrons. The number of carbonyl (C=O) groups excluding carboxylic acids is 1. The average molecular weight is 539 g/mol. The van der Waals surface area contributed by atoms with Crippen LogP contribution in [0.4, 0.5) is 5.69 Å². The summed E-state index contributed by atoms with van der Waals surface area (Å²) in [5, 5.41) is 2.75. The van der Waals surface area contributed by atoms with Gasteiger partial charge in [0.15, 0.2) is 0 Å². The first-order chi connectivity index (χ1) is 19.7. The number of hydrogen-bond acceptors (Lipinski definition) is 4. The molecule has 5 heteroatoms. The van der Waals surface area contributed by atoms with Gasteiger partial charge in [0.05, 0.1) is 5.69 Å². The summed E-state index contributed by atoms with van der Waals surface area (Å²) in [4.78, 5) is 10.8. The second kappa shape index (κ2) is 18.2. The van der Waals surface area contributed by atoms with Gasteiger partial charge in [-0.15, -0.1) is 0 Å². The van der Waals surface area contributed by atoms with E-state index in [2.05, 4.69) is 42.6 Å². The Balaban J connectivity index is 0.000000230. The highest BCUT2D eigenvalue weighted by molar-refractivity contribution is 5.75. The number of anilines is 1. The molecule has 0 aliphatic carbocycles. The standard InChI is InChI=1S/C20H25NO2.C15H17NO/c1-2-3-4-6-9-17-12-13-20(19(14-17)21-16-22)23-15-18-10-7-5-8-11-18;16-11-10-13-6-8-15(9-7-13)17-12-14-4-2-1-3-5-14/h5,7-8,10-14,16H,2-4,6,9,15H2,1H3,(H,21,22);1-9H,10-12,16H2. The SMILES string of the molecule is CCCCCCc1ccc(OCc2ccccc2)c(NC=O)c1.NCCc1ccc(OCc2ccccc2)cc1. The summed E-state index contributed by atoms with van der Waals surface area (Å²) >= 11 is 0. The molecular weight excluding hydrogens is 496 g/mol. The minimum Gasteiger partial charge on any atom is -0.489 e. The lowest BCUT2D eigenvalue weighted by Crippen LogP contribution is -2.02. The first kappa shape index (κ1) is 30.5. The Hall–Kier alpha value is -4.09. The Bertz CT molecular complexity index is 1230. The zero-order chi connectivity index (χ0) is 28.3. The maximum atomic E-state index is 10.8. The number of unbranched alkanes of at least 4 members (excludes halogenated alkanes) is 3. The highest BCUT2D eigenvalue weighted by Gasteiger charge is 2.06. The predicted octanol–water partition coefficient (Wildman–Crippen LogP) is 7.72. The summed E-state index contributed by atoms with van der Waals surface area (Å²) in [6.07, 6.45) is 7.59. The van der Waals surface area contributed by atoms with E-state index in [9.17, 15) is 4.79 Å². The van der Waals surface area contributed by atoms with Gasteiger partial charge in [-0.1, -0.05) is 105 Å². The lowest BCUT2D eigenvalue weighted by Gasteiger charge is -2.12. The molecule has 0 aliphatic rings. The van der Waals surface area contributed by atoms with Crippen molar-refractivity contribution in [1.82, 2.24) is 0 Å². The topological polar surface area (TPSA) is 73.6 Å². The summed E-state index contributed by atoms with van der Waals surface area (Å²) < 4.78 is 11.5. The summed E-state index contributed by atoms with van der Waals surface area (Å²) in [6.45, 7) is 4.00. The minimum atomic E-state index is 0.490. The van der Waals surface area contributed by atoms with E-state index in [0.717, 1.165) is 29.8 Å². The van der Waals surface area contributed by atoms with Crippen molar-refractivity contribution in [1.29, 1.82) is 0 Å². The third-order valence-corrected chi connectivity index (χ3v) is 6.42. The van der Waals surface area contributed by atoms with Crippen molar-refractivity contribution in [3.63, 3.8) is 0 Å². The van der Waals surface area contributed by atoms with Crippen LogP contribution in [0, 0.1) is 0 Å². The zero-order valence-electron chi connectivity index (χ0n) is 23.6. The molecular formula is C35H42N2O3. The second-order valence-corrected chi connectivity index (χ2v) is 9.63. The molecule has 3 N–H and O–H groups in total. The second-order valence-electron chi connectivity index (χ2n) is 9.63. The molecule has 40 heavy (non-hydrogen) atoms. The van der Waals surface area contributed by atoms with Crippen LogP contribution in [-0.4, -0.2) is 13.0 Å². The molecule has 0 spiro atoms. The molecule has 0 fully saturated rings. The summed E-state index contributed by atoms with van der Waals surface area (Å²) in [5.74, 6) is 1.60. The van der Waals surface area contributed by atoms with Gasteiger partial charge in [-0.3, -0.25) is 4.79 Å². The Morgan fingerprint density at radius 2 is 1.30 bits per heavy atom. The van der Waals surface area contributed by atoms with Gasteiger partial charge in [-0.25, -0.2) is 0 Å². The van der Waals surface area contributed by atoms with Crippen LogP contribution in [0.5, 0.6) is 11.5 Å². The van der Waals surface area contributed by atoms with Crippen molar-refractivity contribution >= 4 is 12.1 Å². The highest BCUT2D eigenvalue weighted by Crippen LogP contribution is 2.27. The average Bonchev–Trinajstić information content (AvgIpc) is 3.00. The normalized spacial score (nSPS) is 10.2. The maximum Gasteiger partial charge on any atom is 0.211 e. The van der Waals surface area contributed by atoms with Crippen molar-refractivity contribution in [2.24, 2.45) is 5.73 Å². The van der Waals surface area contributed by atoms with Crippen molar-refractivity contribution < 1.29 is 14.3 Å². The van der Waals surface area contributed by atoms with E-state index in [-0.39, 0.29) is 0 Å². The van der Waals surface area contributed by atoms with Gasteiger partial charge in [0.25, 0.3) is 0 Å². The Labute approximate surface area is 239 Å². The fourth-order valence-electron chi connectivity index (χ4n) is 4.19. The van der Waals surface area contributed by atoms with E-state index in [1.165, 1.54) is 42.4 Å². The number of carbonyl (C=O) groups is 1. The summed E-state index contributed by atoms with van der Waals surface area (Å²) in [5.41, 5.74) is 11.0. The minimum absolute atomic E-state index is 0.490. The van der Waals surface area contributed by atoms with Gasteiger partial charge in [0.2, 0.25) is 6.41 Å². The van der Waals surface area contributed by atoms with E-state index >= 15 is 0 Å². The number of ether oxygens (including phenoxy) is 2. The molecule has 0 aromatic heterocycles. The van der Waals surface area contributed by atoms with Gasteiger partial charge in [0.1, 0.15) is 24.7 Å². The quantitative estimate of drug-likeness (QED) is 0.120. The van der Waals surface area contributed by atoms with Crippen molar-refractivity contribution in [2.45, 2.75) is 58.7 Å². The van der Waals surface area contributed by atoms with E-state index in [1.807, 2.05) is 72.8 Å². The zero-order valence-corrected chi connectivity index (χ0v) is 23.6. The number of aryl methyl sites for hydroxylation is 1. The molecule has 0 saturated heterocycles. The van der Waals surface area contributed by atoms with E-state index in [0.29, 0.717) is 31.9 Å². The molecule has 1 amide bonds. The smallest absolute Gasteiger partial charge is 0.211 e. The van der Waals surface area contributed by atoms with Crippen LogP contribution in [-0.2, 0) is 30.8 Å². The molecule has 4 aromatic carbocycles. The van der Waals surface area contributed by atoms with Gasteiger partial charge < -0.3 is 20.5 Å². The third-order valence-electron chi connectivity index (χ3n) is 6.42. The molecule has 5 nitrogen and oxygen atoms in total. The molecule has 0 saturated carbocycles. The molecule has 4 rings (SSSR count). The maximum absolute atomic E-state index is 10.8. The molecule has 0 aliphatic heterocycles. The summed E-state index contributed by atoms with van der Waals surface area (Å²) in [7, 11) is 0. The Morgan fingerprint density at radius 1 is 0.675 bits per heavy atom. The van der Waals surface area contributed by atoms with Crippen LogP contribution in [0.3, 0.4) is 0 Å². The van der Waals surface area contributed by atoms with Crippen LogP contribution in [0.25, 0.3) is 0 Å². The van der Waals surface area contributed by atoms with E-state index < -0.39 is 0 Å². The molecule has 0 bridgehead atoms. The van der Waals surface area contributed by atoms with E-state index in [4.69, 9.17) is 15.2 Å².